The molecule has 0 heterocycles. The summed E-state index contributed by atoms with van der Waals surface area (Å²) in [7, 11) is 0. The minimum Gasteiger partial charge on any atom is -0.478 e. The van der Waals surface area contributed by atoms with Crippen molar-refractivity contribution in [2.75, 3.05) is 26.4 Å². The number of hydrogen-bond acceptors (Lipinski definition) is 10. The molecule has 1 rings (SSSR count). The van der Waals surface area contributed by atoms with Crippen molar-refractivity contribution in [3.8, 4) is 0 Å². The number of carbonyl (C=O) groups excluding carboxylic acids is 4. The lowest BCUT2D eigenvalue weighted by Crippen LogP contribution is -2.43. The van der Waals surface area contributed by atoms with E-state index in [1.165, 1.54) is 0 Å². The molecule has 0 aliphatic heterocycles. The third-order valence-electron chi connectivity index (χ3n) is 4.18. The fourth-order valence-corrected chi connectivity index (χ4v) is 2.40. The molecule has 0 aromatic heterocycles. The quantitative estimate of drug-likeness (QED) is 0.236. The molecule has 0 radical (unpaired) electrons. The third-order valence-corrected chi connectivity index (χ3v) is 4.18. The summed E-state index contributed by atoms with van der Waals surface area (Å²) in [5.74, 6) is -6.64. The molecule has 0 amide bonds. The van der Waals surface area contributed by atoms with Crippen LogP contribution >= 0.6 is 0 Å². The summed E-state index contributed by atoms with van der Waals surface area (Å²) >= 11 is 0. The maximum Gasteiger partial charge on any atom is 0.339 e. The van der Waals surface area contributed by atoms with Crippen LogP contribution in [-0.4, -0.2) is 72.5 Å². The van der Waals surface area contributed by atoms with Crippen LogP contribution in [0.3, 0.4) is 0 Å². The largest absolute Gasteiger partial charge is 0.478 e. The number of ether oxygens (including phenoxy) is 4. The van der Waals surface area contributed by atoms with E-state index in [9.17, 15) is 33.9 Å². The molecule has 12 nitrogen and oxygen atoms in total. The maximum absolute atomic E-state index is 12.6. The van der Waals surface area contributed by atoms with Crippen molar-refractivity contribution in [2.45, 2.75) is 6.92 Å². The van der Waals surface area contributed by atoms with Crippen molar-refractivity contribution in [1.29, 1.82) is 0 Å². The Bertz CT molecular complexity index is 983. The number of carbonyl (C=O) groups is 6. The number of carboxylic acid groups (broad SMARTS) is 2. The van der Waals surface area contributed by atoms with Gasteiger partial charge in [-0.3, -0.25) is 4.79 Å². The Hall–Kier alpha value is -4.48. The Kier molecular flexibility index (Phi) is 10.2. The van der Waals surface area contributed by atoms with Crippen LogP contribution < -0.4 is 0 Å². The molecule has 34 heavy (non-hydrogen) atoms. The SMILES string of the molecule is C=CC(=O)OCC(COC(C)=O)(COC(=O)C=C)COC(=O)c1ccc(C(=O)O)cc1C(=O)O. The fraction of sp³-hybridized carbons (Fsp3) is 0.273. The molecule has 2 N–H and O–H groups in total. The summed E-state index contributed by atoms with van der Waals surface area (Å²) in [5.41, 5.74) is -3.05. The predicted octanol–water partition coefficient (Wildman–Crippen LogP) is 1.25. The minimum atomic E-state index is -1.58. The Balaban J connectivity index is 3.25. The highest BCUT2D eigenvalue weighted by molar-refractivity contribution is 6.04. The molecule has 12 heteroatoms. The summed E-state index contributed by atoms with van der Waals surface area (Å²) in [4.78, 5) is 69.7. The molecule has 0 aliphatic carbocycles. The monoisotopic (exact) mass is 478 g/mol. The highest BCUT2D eigenvalue weighted by atomic mass is 16.6. The van der Waals surface area contributed by atoms with Crippen LogP contribution in [0, 0.1) is 5.41 Å². The lowest BCUT2D eigenvalue weighted by Gasteiger charge is -2.31. The topological polar surface area (TPSA) is 180 Å². The van der Waals surface area contributed by atoms with Crippen molar-refractivity contribution in [3.63, 3.8) is 0 Å². The number of benzene rings is 1. The van der Waals surface area contributed by atoms with Gasteiger partial charge in [0.05, 0.1) is 16.7 Å². The summed E-state index contributed by atoms with van der Waals surface area (Å²) < 4.78 is 20.1. The van der Waals surface area contributed by atoms with Crippen LogP contribution in [0.4, 0.5) is 0 Å². The normalized spacial score (nSPS) is 10.4. The summed E-state index contributed by atoms with van der Waals surface area (Å²) in [6, 6.07) is 2.75. The molecule has 1 aromatic carbocycles. The van der Waals surface area contributed by atoms with Gasteiger partial charge in [-0.15, -0.1) is 0 Å². The van der Waals surface area contributed by atoms with Gasteiger partial charge in [-0.05, 0) is 18.2 Å². The summed E-state index contributed by atoms with van der Waals surface area (Å²) in [6.07, 6.45) is 1.70. The lowest BCUT2D eigenvalue weighted by molar-refractivity contribution is -0.160. The van der Waals surface area contributed by atoms with E-state index in [-0.39, 0.29) is 5.56 Å². The van der Waals surface area contributed by atoms with E-state index in [4.69, 9.17) is 24.1 Å². The van der Waals surface area contributed by atoms with Crippen LogP contribution in [0.15, 0.2) is 43.5 Å². The van der Waals surface area contributed by atoms with Crippen LogP contribution in [-0.2, 0) is 33.3 Å². The average molecular weight is 478 g/mol. The standard InChI is InChI=1S/C22H22O12/c1-4-17(24)32-10-22(9-31-13(3)23,11-33-18(25)5-2)12-34-21(30)15-7-6-14(19(26)27)8-16(15)20(28)29/h4-8H,1-2,9-12H2,3H3,(H,26,27)(H,28,29). The smallest absolute Gasteiger partial charge is 0.339 e. The Morgan fingerprint density at radius 3 is 1.74 bits per heavy atom. The van der Waals surface area contributed by atoms with Crippen molar-refractivity contribution in [3.05, 3.63) is 60.2 Å². The van der Waals surface area contributed by atoms with Crippen LogP contribution in [0.1, 0.15) is 38.0 Å². The van der Waals surface area contributed by atoms with Crippen molar-refractivity contribution in [2.24, 2.45) is 5.41 Å². The number of hydrogen-bond donors (Lipinski definition) is 2. The van der Waals surface area contributed by atoms with Gasteiger partial charge in [-0.25, -0.2) is 24.0 Å². The zero-order chi connectivity index (χ0) is 25.9. The molecule has 0 atom stereocenters. The van der Waals surface area contributed by atoms with E-state index in [0.29, 0.717) is 0 Å². The average Bonchev–Trinajstić information content (AvgIpc) is 2.81. The second-order valence-corrected chi connectivity index (χ2v) is 6.85. The van der Waals surface area contributed by atoms with Gasteiger partial charge in [0.2, 0.25) is 0 Å². The second kappa shape index (κ2) is 12.5. The molecule has 0 bridgehead atoms. The van der Waals surface area contributed by atoms with Crippen LogP contribution in [0.25, 0.3) is 0 Å². The molecule has 0 unspecified atom stereocenters. The first-order valence-electron chi connectivity index (χ1n) is 9.44. The molecular formula is C22H22O12. The van der Waals surface area contributed by atoms with Gasteiger partial charge in [0.25, 0.3) is 0 Å². The van der Waals surface area contributed by atoms with Gasteiger partial charge in [0, 0.05) is 19.1 Å². The number of aromatic carboxylic acids is 2. The second-order valence-electron chi connectivity index (χ2n) is 6.85. The zero-order valence-corrected chi connectivity index (χ0v) is 18.1. The first-order valence-corrected chi connectivity index (χ1v) is 9.44. The predicted molar refractivity (Wildman–Crippen MR) is 112 cm³/mol. The van der Waals surface area contributed by atoms with Gasteiger partial charge < -0.3 is 29.2 Å². The Morgan fingerprint density at radius 2 is 1.29 bits per heavy atom. The van der Waals surface area contributed by atoms with E-state index in [1.54, 1.807) is 0 Å². The van der Waals surface area contributed by atoms with E-state index in [0.717, 1.165) is 37.3 Å². The van der Waals surface area contributed by atoms with Crippen LogP contribution in [0.5, 0.6) is 0 Å². The van der Waals surface area contributed by atoms with Crippen molar-refractivity contribution >= 4 is 35.8 Å². The van der Waals surface area contributed by atoms with Crippen molar-refractivity contribution < 1.29 is 57.9 Å². The van der Waals surface area contributed by atoms with Crippen LogP contribution in [0.2, 0.25) is 0 Å². The molecular weight excluding hydrogens is 456 g/mol. The van der Waals surface area contributed by atoms with E-state index in [2.05, 4.69) is 13.2 Å². The van der Waals surface area contributed by atoms with Gasteiger partial charge in [0.1, 0.15) is 31.8 Å². The maximum atomic E-state index is 12.6. The Labute approximate surface area is 193 Å². The first-order chi connectivity index (χ1) is 15.9. The zero-order valence-electron chi connectivity index (χ0n) is 18.1. The van der Waals surface area contributed by atoms with Crippen molar-refractivity contribution in [1.82, 2.24) is 0 Å². The number of rotatable bonds is 13. The van der Waals surface area contributed by atoms with E-state index < -0.39 is 78.8 Å². The molecule has 0 saturated heterocycles. The summed E-state index contributed by atoms with van der Waals surface area (Å²) in [6.45, 7) is 5.29. The minimum absolute atomic E-state index is 0.370. The van der Waals surface area contributed by atoms with E-state index >= 15 is 0 Å². The van der Waals surface area contributed by atoms with Gasteiger partial charge >= 0.3 is 35.8 Å². The van der Waals surface area contributed by atoms with Gasteiger partial charge in [-0.2, -0.15) is 0 Å². The molecule has 0 saturated carbocycles. The summed E-state index contributed by atoms with van der Waals surface area (Å²) in [5, 5.41) is 18.4. The molecule has 0 spiro atoms. The lowest BCUT2D eigenvalue weighted by atomic mass is 9.92. The molecule has 1 aromatic rings. The molecule has 0 fully saturated rings. The van der Waals surface area contributed by atoms with Gasteiger partial charge in [0.15, 0.2) is 0 Å². The van der Waals surface area contributed by atoms with E-state index in [1.807, 2.05) is 0 Å². The fourth-order valence-electron chi connectivity index (χ4n) is 2.40. The number of esters is 4. The third kappa shape index (κ3) is 8.22. The first kappa shape index (κ1) is 27.6. The van der Waals surface area contributed by atoms with Gasteiger partial charge in [-0.1, -0.05) is 13.2 Å². The number of carboxylic acids is 2. The highest BCUT2D eigenvalue weighted by Crippen LogP contribution is 2.23. The Morgan fingerprint density at radius 1 is 0.794 bits per heavy atom. The molecule has 0 aliphatic rings. The molecule has 182 valence electrons. The highest BCUT2D eigenvalue weighted by Gasteiger charge is 2.38.